The Morgan fingerprint density at radius 3 is 2.40 bits per heavy atom. The van der Waals surface area contributed by atoms with Gasteiger partial charge in [-0.05, 0) is 36.0 Å². The number of hydrogen-bond acceptors (Lipinski definition) is 0. The van der Waals surface area contributed by atoms with Crippen molar-refractivity contribution in [2.45, 2.75) is 41.0 Å². The maximum Gasteiger partial charge on any atom is 0.0416 e. The molecule has 1 heterocycles. The van der Waals surface area contributed by atoms with Gasteiger partial charge in [0.2, 0.25) is 0 Å². The van der Waals surface area contributed by atoms with E-state index in [-0.39, 0.29) is 1.43 Å². The van der Waals surface area contributed by atoms with E-state index in [9.17, 15) is 0 Å². The highest BCUT2D eigenvalue weighted by Gasteiger charge is 2.34. The lowest BCUT2D eigenvalue weighted by atomic mass is 10.1. The minimum absolute atomic E-state index is 0. The third kappa shape index (κ3) is 2.34. The average molecular weight is 207 g/mol. The lowest BCUT2D eigenvalue weighted by Crippen LogP contribution is -2.26. The molecule has 0 radical (unpaired) electrons. The SMILES string of the molecule is CC.CC.Cc1c[nH]c2c1=CC1CC1C=2.[HH]. The summed E-state index contributed by atoms with van der Waals surface area (Å²) in [6.45, 7) is 10.2. The van der Waals surface area contributed by atoms with Crippen molar-refractivity contribution in [1.29, 1.82) is 0 Å². The Labute approximate surface area is 94.4 Å². The molecule has 3 rings (SSSR count). The van der Waals surface area contributed by atoms with E-state index in [0.717, 1.165) is 11.8 Å². The van der Waals surface area contributed by atoms with Crippen LogP contribution in [0.25, 0.3) is 12.2 Å². The second kappa shape index (κ2) is 5.20. The summed E-state index contributed by atoms with van der Waals surface area (Å²) in [4.78, 5) is 3.30. The highest BCUT2D eigenvalue weighted by atomic mass is 14.7. The van der Waals surface area contributed by atoms with Crippen LogP contribution in [0.15, 0.2) is 6.20 Å². The highest BCUT2D eigenvalue weighted by molar-refractivity contribution is 5.49. The van der Waals surface area contributed by atoms with Gasteiger partial charge in [-0.3, -0.25) is 0 Å². The molecule has 1 saturated carbocycles. The Bertz CT molecular complexity index is 416. The number of fused-ring (bicyclic) bond motifs is 2. The van der Waals surface area contributed by atoms with Gasteiger partial charge in [0, 0.05) is 13.0 Å². The van der Waals surface area contributed by atoms with E-state index in [2.05, 4.69) is 30.3 Å². The second-order valence-corrected chi connectivity index (χ2v) is 3.70. The summed E-state index contributed by atoms with van der Waals surface area (Å²) < 4.78 is 0. The van der Waals surface area contributed by atoms with Crippen molar-refractivity contribution >= 4 is 12.2 Å². The number of H-pyrrole nitrogens is 1. The molecule has 2 atom stereocenters. The predicted molar refractivity (Wildman–Crippen MR) is 70.1 cm³/mol. The van der Waals surface area contributed by atoms with E-state index in [1.54, 1.807) is 0 Å². The van der Waals surface area contributed by atoms with Crippen LogP contribution in [0.4, 0.5) is 0 Å². The number of hydrogen-bond donors (Lipinski definition) is 1. The Hall–Kier alpha value is -0.980. The average Bonchev–Trinajstić information content (AvgIpc) is 2.99. The van der Waals surface area contributed by atoms with Crippen molar-refractivity contribution in [2.75, 3.05) is 0 Å². The van der Waals surface area contributed by atoms with Gasteiger partial charge in [0.15, 0.2) is 0 Å². The number of aromatic amines is 1. The Balaban J connectivity index is 0.000000411. The van der Waals surface area contributed by atoms with Crippen LogP contribution in [0.2, 0.25) is 0 Å². The maximum atomic E-state index is 3.30. The second-order valence-electron chi connectivity index (χ2n) is 3.70. The molecule has 1 aromatic rings. The third-order valence-corrected chi connectivity index (χ3v) is 2.81. The summed E-state index contributed by atoms with van der Waals surface area (Å²) in [6.07, 6.45) is 8.28. The van der Waals surface area contributed by atoms with Gasteiger partial charge in [-0.15, -0.1) is 0 Å². The number of aromatic nitrogens is 1. The van der Waals surface area contributed by atoms with Crippen LogP contribution in [0.3, 0.4) is 0 Å². The van der Waals surface area contributed by atoms with E-state index in [1.165, 1.54) is 22.6 Å². The van der Waals surface area contributed by atoms with Gasteiger partial charge in [0.05, 0.1) is 0 Å². The fourth-order valence-electron chi connectivity index (χ4n) is 1.96. The number of aryl methyl sites for hydroxylation is 1. The van der Waals surface area contributed by atoms with Crippen molar-refractivity contribution < 1.29 is 1.43 Å². The first-order valence-electron chi connectivity index (χ1n) is 6.22. The molecule has 15 heavy (non-hydrogen) atoms. The Morgan fingerprint density at radius 2 is 1.73 bits per heavy atom. The standard InChI is InChI=1S/C10H11N.2C2H6.H2/c1-6-5-11-10-4-8-2-7(8)3-9(6)10;2*1-2;/h3-5,7-8,11H,2H2,1H3;2*1-2H3;1H. The monoisotopic (exact) mass is 207 g/mol. The molecule has 1 N–H and O–H groups in total. The summed E-state index contributed by atoms with van der Waals surface area (Å²) in [7, 11) is 0. The first-order chi connectivity index (χ1) is 7.34. The van der Waals surface area contributed by atoms with Gasteiger partial charge in [0.25, 0.3) is 0 Å². The fourth-order valence-corrected chi connectivity index (χ4v) is 1.96. The normalized spacial score (nSPS) is 23.8. The van der Waals surface area contributed by atoms with Gasteiger partial charge in [-0.2, -0.15) is 0 Å². The molecule has 86 valence electrons. The molecule has 0 aromatic carbocycles. The molecule has 2 aliphatic rings. The van der Waals surface area contributed by atoms with Crippen molar-refractivity contribution in [1.82, 2.24) is 4.98 Å². The van der Waals surface area contributed by atoms with E-state index < -0.39 is 0 Å². The van der Waals surface area contributed by atoms with Crippen molar-refractivity contribution in [2.24, 2.45) is 11.8 Å². The van der Waals surface area contributed by atoms with Gasteiger partial charge in [-0.25, -0.2) is 0 Å². The molecule has 1 fully saturated rings. The van der Waals surface area contributed by atoms with Crippen LogP contribution in [0, 0.1) is 18.8 Å². The molecule has 1 heteroatoms. The van der Waals surface area contributed by atoms with Gasteiger partial charge in [0.1, 0.15) is 0 Å². The smallest absolute Gasteiger partial charge is 0.0416 e. The van der Waals surface area contributed by atoms with Gasteiger partial charge >= 0.3 is 0 Å². The maximum absolute atomic E-state index is 3.30. The van der Waals surface area contributed by atoms with Crippen molar-refractivity contribution in [3.05, 3.63) is 22.3 Å². The lowest BCUT2D eigenvalue weighted by Gasteiger charge is -1.92. The summed E-state index contributed by atoms with van der Waals surface area (Å²) in [6, 6.07) is 0. The van der Waals surface area contributed by atoms with Crippen molar-refractivity contribution in [3.63, 3.8) is 0 Å². The minimum atomic E-state index is 0. The first kappa shape index (κ1) is 12.1. The Kier molecular flexibility index (Phi) is 4.19. The number of rotatable bonds is 0. The summed E-state index contributed by atoms with van der Waals surface area (Å²) >= 11 is 0. The third-order valence-electron chi connectivity index (χ3n) is 2.81. The van der Waals surface area contributed by atoms with Crippen molar-refractivity contribution in [3.8, 4) is 0 Å². The summed E-state index contributed by atoms with van der Waals surface area (Å²) in [5, 5.41) is 2.80. The molecule has 1 nitrogen and oxygen atoms in total. The molecule has 2 aliphatic carbocycles. The zero-order valence-electron chi connectivity index (χ0n) is 10.6. The molecule has 0 aliphatic heterocycles. The molecule has 0 amide bonds. The van der Waals surface area contributed by atoms with Crippen LogP contribution in [-0.2, 0) is 0 Å². The highest BCUT2D eigenvalue weighted by Crippen LogP contribution is 2.41. The van der Waals surface area contributed by atoms with E-state index >= 15 is 0 Å². The van der Waals surface area contributed by atoms with Crippen LogP contribution >= 0.6 is 0 Å². The molecule has 0 saturated heterocycles. The lowest BCUT2D eigenvalue weighted by molar-refractivity contribution is 1.05. The van der Waals surface area contributed by atoms with Crippen LogP contribution in [0.5, 0.6) is 0 Å². The quantitative estimate of drug-likeness (QED) is 0.673. The van der Waals surface area contributed by atoms with Gasteiger partial charge < -0.3 is 4.98 Å². The van der Waals surface area contributed by atoms with E-state index in [0.29, 0.717) is 0 Å². The van der Waals surface area contributed by atoms with Gasteiger partial charge in [-0.1, -0.05) is 39.8 Å². The zero-order valence-corrected chi connectivity index (χ0v) is 10.6. The minimum Gasteiger partial charge on any atom is -0.361 e. The molecular weight excluding hydrogens is 182 g/mol. The number of nitrogens with one attached hydrogen (secondary N) is 1. The van der Waals surface area contributed by atoms with Crippen LogP contribution in [0.1, 0.15) is 41.1 Å². The van der Waals surface area contributed by atoms with Crippen LogP contribution in [-0.4, -0.2) is 4.98 Å². The molecule has 0 spiro atoms. The topological polar surface area (TPSA) is 15.8 Å². The summed E-state index contributed by atoms with van der Waals surface area (Å²) in [5.74, 6) is 1.73. The van der Waals surface area contributed by atoms with E-state index in [1.807, 2.05) is 27.7 Å². The fraction of sp³-hybridized carbons (Fsp3) is 0.571. The zero-order chi connectivity index (χ0) is 11.4. The molecule has 2 unspecified atom stereocenters. The largest absolute Gasteiger partial charge is 0.361 e. The van der Waals surface area contributed by atoms with Crippen LogP contribution < -0.4 is 10.6 Å². The Morgan fingerprint density at radius 1 is 1.13 bits per heavy atom. The first-order valence-corrected chi connectivity index (χ1v) is 6.22. The molecule has 0 bridgehead atoms. The molecule has 1 aromatic heterocycles. The predicted octanol–water partition coefficient (Wildman–Crippen LogP) is 2.83. The molecular formula is C14H25N. The summed E-state index contributed by atoms with van der Waals surface area (Å²) in [5.41, 5.74) is 1.39. The van der Waals surface area contributed by atoms with E-state index in [4.69, 9.17) is 0 Å².